The molecule has 200 valence electrons. The monoisotopic (exact) mass is 491 g/mol. The fourth-order valence-corrected chi connectivity index (χ4v) is 5.50. The lowest BCUT2D eigenvalue weighted by molar-refractivity contribution is -0.772. The molecule has 1 unspecified atom stereocenters. The molecule has 0 amide bonds. The third kappa shape index (κ3) is 8.01. The molecule has 1 aliphatic heterocycles. The molecule has 2 rings (SSSR count). The van der Waals surface area contributed by atoms with Crippen LogP contribution in [0.2, 0.25) is 0 Å². The number of phenolic OH excluding ortho intramolecular Hbond substituents is 1. The molecule has 1 aromatic carbocycles. The third-order valence-corrected chi connectivity index (χ3v) is 8.20. The summed E-state index contributed by atoms with van der Waals surface area (Å²) in [7, 11) is 0. The second kappa shape index (κ2) is 12.8. The zero-order valence-electron chi connectivity index (χ0n) is 23.4. The van der Waals surface area contributed by atoms with Crippen LogP contribution in [-0.2, 0) is 11.3 Å². The van der Waals surface area contributed by atoms with Gasteiger partial charge in [0.2, 0.25) is 0 Å². The topological polar surface area (TPSA) is 81.8 Å². The molecule has 0 fully saturated rings. The molecule has 1 aliphatic rings. The lowest BCUT2D eigenvalue weighted by Gasteiger charge is -2.42. The lowest BCUT2D eigenvalue weighted by atomic mass is 9.81. The number of rotatable bonds is 14. The summed E-state index contributed by atoms with van der Waals surface area (Å²) >= 11 is 0. The van der Waals surface area contributed by atoms with Crippen LogP contribution in [0.1, 0.15) is 115 Å². The largest absolute Gasteiger partial charge is 0.507 e. The summed E-state index contributed by atoms with van der Waals surface area (Å²) in [5.74, 6) is 3.20. The highest BCUT2D eigenvalue weighted by atomic mass is 17.0. The van der Waals surface area contributed by atoms with Crippen LogP contribution in [0.15, 0.2) is 0 Å². The van der Waals surface area contributed by atoms with Crippen LogP contribution in [0.5, 0.6) is 11.5 Å². The third-order valence-electron chi connectivity index (χ3n) is 8.20. The Balaban J connectivity index is 1.94. The van der Waals surface area contributed by atoms with Crippen LogP contribution >= 0.6 is 0 Å². The van der Waals surface area contributed by atoms with E-state index in [0.717, 1.165) is 47.1 Å². The molecule has 6 heteroatoms. The summed E-state index contributed by atoms with van der Waals surface area (Å²) in [5, 5.41) is 21.0. The van der Waals surface area contributed by atoms with Crippen LogP contribution in [-0.4, -0.2) is 21.9 Å². The fourth-order valence-electron chi connectivity index (χ4n) is 5.50. The molecule has 1 aromatic rings. The van der Waals surface area contributed by atoms with Crippen LogP contribution in [0.4, 0.5) is 0 Å². The van der Waals surface area contributed by atoms with Gasteiger partial charge in [0.25, 0.3) is 5.09 Å². The van der Waals surface area contributed by atoms with Crippen molar-refractivity contribution in [2.75, 3.05) is 0 Å². The predicted molar refractivity (Wildman–Crippen MR) is 142 cm³/mol. The Morgan fingerprint density at radius 3 is 2.06 bits per heavy atom. The first-order valence-electron chi connectivity index (χ1n) is 13.7. The molecule has 4 atom stereocenters. The Morgan fingerprint density at radius 2 is 1.51 bits per heavy atom. The maximum Gasteiger partial charge on any atom is 0.294 e. The molecule has 0 aliphatic carbocycles. The zero-order valence-corrected chi connectivity index (χ0v) is 23.4. The van der Waals surface area contributed by atoms with E-state index in [-0.39, 0.29) is 5.75 Å². The van der Waals surface area contributed by atoms with E-state index in [9.17, 15) is 15.2 Å². The first-order chi connectivity index (χ1) is 16.4. The number of hydrogen-bond acceptors (Lipinski definition) is 5. The van der Waals surface area contributed by atoms with E-state index in [2.05, 4.69) is 27.7 Å². The second-order valence-corrected chi connectivity index (χ2v) is 11.8. The molecule has 35 heavy (non-hydrogen) atoms. The first-order valence-corrected chi connectivity index (χ1v) is 13.7. The van der Waals surface area contributed by atoms with Crippen molar-refractivity contribution in [2.24, 2.45) is 17.8 Å². The maximum atomic E-state index is 11.3. The van der Waals surface area contributed by atoms with Crippen molar-refractivity contribution in [2.45, 2.75) is 131 Å². The van der Waals surface area contributed by atoms with Gasteiger partial charge in [-0.15, -0.1) is 10.1 Å². The highest BCUT2D eigenvalue weighted by molar-refractivity contribution is 5.58. The quantitative estimate of drug-likeness (QED) is 0.210. The Morgan fingerprint density at radius 1 is 0.971 bits per heavy atom. The molecule has 0 saturated carbocycles. The minimum atomic E-state index is -0.786. The second-order valence-electron chi connectivity index (χ2n) is 11.8. The summed E-state index contributed by atoms with van der Waals surface area (Å²) in [6, 6.07) is 0. The van der Waals surface area contributed by atoms with E-state index in [1.165, 1.54) is 38.5 Å². The normalized spacial score (nSPS) is 21.3. The average Bonchev–Trinajstić information content (AvgIpc) is 2.77. The first kappa shape index (κ1) is 29.3. The molecule has 0 saturated heterocycles. The highest BCUT2D eigenvalue weighted by Crippen LogP contribution is 2.45. The van der Waals surface area contributed by atoms with E-state index < -0.39 is 16.8 Å². The van der Waals surface area contributed by atoms with Crippen molar-refractivity contribution < 1.29 is 19.8 Å². The van der Waals surface area contributed by atoms with E-state index in [1.807, 2.05) is 27.7 Å². The van der Waals surface area contributed by atoms with Crippen LogP contribution in [0.3, 0.4) is 0 Å². The van der Waals surface area contributed by atoms with E-state index in [4.69, 9.17) is 9.57 Å². The van der Waals surface area contributed by atoms with Crippen molar-refractivity contribution in [1.82, 2.24) is 0 Å². The van der Waals surface area contributed by atoms with E-state index >= 15 is 0 Å². The standard InChI is InChI=1S/C29H49NO5/c1-19(2)12-9-13-20(3)14-10-15-21(4)16-11-17-29(8)26(35-30(32)33)18-25-24(7)27(31)22(5)23(6)28(25)34-29/h19-21,26,31H,9-18H2,1-8H3/t20-,21+,26?,29-/m0/s1. The van der Waals surface area contributed by atoms with Gasteiger partial charge in [0, 0.05) is 12.0 Å². The maximum absolute atomic E-state index is 11.3. The van der Waals surface area contributed by atoms with Gasteiger partial charge in [0.1, 0.15) is 17.1 Å². The fraction of sp³-hybridized carbons (Fsp3) is 0.793. The predicted octanol–water partition coefficient (Wildman–Crippen LogP) is 8.03. The number of nitrogens with zero attached hydrogens (tertiary/aromatic N) is 1. The van der Waals surface area contributed by atoms with E-state index in [1.54, 1.807) is 0 Å². The minimum absolute atomic E-state index is 0.233. The van der Waals surface area contributed by atoms with Crippen LogP contribution < -0.4 is 4.74 Å². The molecule has 0 spiro atoms. The van der Waals surface area contributed by atoms with Crippen molar-refractivity contribution in [3.05, 3.63) is 32.4 Å². The number of phenols is 1. The average molecular weight is 492 g/mol. The van der Waals surface area contributed by atoms with Gasteiger partial charge in [-0.05, 0) is 75.0 Å². The Kier molecular flexibility index (Phi) is 10.7. The van der Waals surface area contributed by atoms with Gasteiger partial charge >= 0.3 is 0 Å². The van der Waals surface area contributed by atoms with Crippen molar-refractivity contribution in [1.29, 1.82) is 0 Å². The van der Waals surface area contributed by atoms with Gasteiger partial charge in [0.15, 0.2) is 6.10 Å². The molecule has 0 bridgehead atoms. The van der Waals surface area contributed by atoms with Gasteiger partial charge < -0.3 is 14.7 Å². The Bertz CT molecular complexity index is 852. The van der Waals surface area contributed by atoms with Gasteiger partial charge in [0.05, 0.1) is 0 Å². The molecule has 0 radical (unpaired) electrons. The molecular weight excluding hydrogens is 442 g/mol. The van der Waals surface area contributed by atoms with E-state index in [0.29, 0.717) is 24.3 Å². The van der Waals surface area contributed by atoms with Gasteiger partial charge in [-0.25, -0.2) is 0 Å². The summed E-state index contributed by atoms with van der Waals surface area (Å²) in [6.45, 7) is 16.9. The number of ether oxygens (including phenoxy) is 1. The highest BCUT2D eigenvalue weighted by Gasteiger charge is 2.44. The van der Waals surface area contributed by atoms with Gasteiger partial charge in [-0.1, -0.05) is 72.6 Å². The van der Waals surface area contributed by atoms with Crippen LogP contribution in [0.25, 0.3) is 0 Å². The molecular formula is C29H49NO5. The summed E-state index contributed by atoms with van der Waals surface area (Å²) < 4.78 is 6.49. The Hall–Kier alpha value is -1.98. The summed E-state index contributed by atoms with van der Waals surface area (Å²) in [6.07, 6.45) is 10.1. The van der Waals surface area contributed by atoms with Gasteiger partial charge in [-0.2, -0.15) is 0 Å². The zero-order chi connectivity index (χ0) is 26.3. The Labute approximate surface area is 212 Å². The minimum Gasteiger partial charge on any atom is -0.507 e. The number of fused-ring (bicyclic) bond motifs is 1. The van der Waals surface area contributed by atoms with Gasteiger partial charge in [-0.3, -0.25) is 0 Å². The molecule has 1 N–H and O–H groups in total. The smallest absolute Gasteiger partial charge is 0.294 e. The molecule has 0 aromatic heterocycles. The summed E-state index contributed by atoms with van der Waals surface area (Å²) in [5.41, 5.74) is 2.43. The number of aromatic hydroxyl groups is 1. The number of hydrogen-bond donors (Lipinski definition) is 1. The summed E-state index contributed by atoms with van der Waals surface area (Å²) in [4.78, 5) is 16.4. The molecule has 6 nitrogen and oxygen atoms in total. The van der Waals surface area contributed by atoms with Crippen molar-refractivity contribution in [3.63, 3.8) is 0 Å². The van der Waals surface area contributed by atoms with Crippen molar-refractivity contribution >= 4 is 0 Å². The SMILES string of the molecule is Cc1c(C)c2c(c(C)c1O)CC(O[N+](=O)[O-])[C@](C)(CCC[C@H](C)CCC[C@@H](C)CCCC(C)C)O2. The van der Waals surface area contributed by atoms with Crippen LogP contribution in [0, 0.1) is 48.6 Å². The molecule has 1 heterocycles. The lowest BCUT2D eigenvalue weighted by Crippen LogP contribution is -2.51. The van der Waals surface area contributed by atoms with Crippen molar-refractivity contribution in [3.8, 4) is 11.5 Å². The number of benzene rings is 1.